The van der Waals surface area contributed by atoms with Gasteiger partial charge in [0.2, 0.25) is 0 Å². The quantitative estimate of drug-likeness (QED) is 0.656. The third-order valence-electron chi connectivity index (χ3n) is 1.60. The molecule has 0 fully saturated rings. The van der Waals surface area contributed by atoms with Gasteiger partial charge < -0.3 is 5.11 Å². The van der Waals surface area contributed by atoms with Crippen molar-refractivity contribution >= 4 is 5.97 Å². The molecular formula is C8H16O2. The van der Waals surface area contributed by atoms with Gasteiger partial charge in [0, 0.05) is 0 Å². The number of hydrogen-bond donors (Lipinski definition) is 1. The minimum absolute atomic E-state index is 0.178. The zero-order chi connectivity index (χ0) is 8.15. The summed E-state index contributed by atoms with van der Waals surface area (Å²) in [6, 6.07) is 0. The van der Waals surface area contributed by atoms with Crippen molar-refractivity contribution < 1.29 is 9.90 Å². The Balaban J connectivity index is 3.40. The minimum Gasteiger partial charge on any atom is -0.481 e. The lowest BCUT2D eigenvalue weighted by atomic mass is 10.00. The largest absolute Gasteiger partial charge is 0.481 e. The van der Waals surface area contributed by atoms with Crippen molar-refractivity contribution in [2.45, 2.75) is 33.6 Å². The lowest BCUT2D eigenvalue weighted by Gasteiger charge is -2.07. The predicted octanol–water partition coefficient (Wildman–Crippen LogP) is 2.14. The van der Waals surface area contributed by atoms with Crippen LogP contribution in [-0.2, 0) is 4.79 Å². The van der Waals surface area contributed by atoms with Crippen molar-refractivity contribution in [2.24, 2.45) is 11.8 Å². The van der Waals surface area contributed by atoms with Gasteiger partial charge in [-0.1, -0.05) is 27.2 Å². The highest BCUT2D eigenvalue weighted by molar-refractivity contribution is 5.69. The maximum Gasteiger partial charge on any atom is 0.306 e. The van der Waals surface area contributed by atoms with Gasteiger partial charge in [-0.25, -0.2) is 0 Å². The summed E-state index contributed by atoms with van der Waals surface area (Å²) in [5, 5.41) is 8.49. The van der Waals surface area contributed by atoms with Crippen LogP contribution in [0.15, 0.2) is 0 Å². The number of rotatable bonds is 4. The summed E-state index contributed by atoms with van der Waals surface area (Å²) < 4.78 is 0. The van der Waals surface area contributed by atoms with Gasteiger partial charge in [-0.05, 0) is 12.3 Å². The maximum atomic E-state index is 10.3. The van der Waals surface area contributed by atoms with E-state index in [9.17, 15) is 4.79 Å². The molecule has 2 nitrogen and oxygen atoms in total. The lowest BCUT2D eigenvalue weighted by Crippen LogP contribution is -2.09. The first-order valence-electron chi connectivity index (χ1n) is 3.76. The molecule has 0 spiro atoms. The highest BCUT2D eigenvalue weighted by atomic mass is 16.4. The van der Waals surface area contributed by atoms with E-state index in [1.54, 1.807) is 6.92 Å². The van der Waals surface area contributed by atoms with E-state index in [0.717, 1.165) is 12.8 Å². The van der Waals surface area contributed by atoms with Crippen LogP contribution in [0.1, 0.15) is 33.6 Å². The summed E-state index contributed by atoms with van der Waals surface area (Å²) >= 11 is 0. The summed E-state index contributed by atoms with van der Waals surface area (Å²) in [5.41, 5.74) is 0. The van der Waals surface area contributed by atoms with Crippen molar-refractivity contribution in [2.75, 3.05) is 0 Å². The fourth-order valence-corrected chi connectivity index (χ4v) is 0.707. The first-order valence-corrected chi connectivity index (χ1v) is 3.76. The topological polar surface area (TPSA) is 37.3 Å². The molecular weight excluding hydrogens is 128 g/mol. The molecule has 0 aliphatic carbocycles. The lowest BCUT2D eigenvalue weighted by molar-refractivity contribution is -0.141. The Kier molecular flexibility index (Phi) is 4.08. The van der Waals surface area contributed by atoms with Crippen molar-refractivity contribution in [1.29, 1.82) is 0 Å². The Hall–Kier alpha value is -0.530. The SMILES string of the molecule is CC(C)CCC(C)C(=O)O. The van der Waals surface area contributed by atoms with Crippen LogP contribution >= 0.6 is 0 Å². The Labute approximate surface area is 62.2 Å². The fourth-order valence-electron chi connectivity index (χ4n) is 0.707. The molecule has 0 saturated heterocycles. The number of carbonyl (C=O) groups is 1. The second-order valence-corrected chi connectivity index (χ2v) is 3.21. The molecule has 0 saturated carbocycles. The van der Waals surface area contributed by atoms with Crippen LogP contribution in [0.3, 0.4) is 0 Å². The Bertz CT molecular complexity index is 108. The molecule has 1 unspecified atom stereocenters. The Morgan fingerprint density at radius 2 is 1.80 bits per heavy atom. The van der Waals surface area contributed by atoms with Crippen molar-refractivity contribution in [3.8, 4) is 0 Å². The number of carboxylic acid groups (broad SMARTS) is 1. The first kappa shape index (κ1) is 9.47. The van der Waals surface area contributed by atoms with E-state index in [1.165, 1.54) is 0 Å². The molecule has 0 radical (unpaired) electrons. The molecule has 0 heterocycles. The maximum absolute atomic E-state index is 10.3. The molecule has 0 aromatic heterocycles. The molecule has 0 amide bonds. The highest BCUT2D eigenvalue weighted by Gasteiger charge is 2.10. The Morgan fingerprint density at radius 1 is 1.30 bits per heavy atom. The van der Waals surface area contributed by atoms with Gasteiger partial charge in [0.05, 0.1) is 5.92 Å². The molecule has 0 aromatic carbocycles. The van der Waals surface area contributed by atoms with Gasteiger partial charge >= 0.3 is 5.97 Å². The molecule has 60 valence electrons. The molecule has 0 aromatic rings. The summed E-state index contributed by atoms with van der Waals surface area (Å²) in [6.07, 6.45) is 1.81. The van der Waals surface area contributed by atoms with Gasteiger partial charge in [0.15, 0.2) is 0 Å². The van der Waals surface area contributed by atoms with Gasteiger partial charge in [0.25, 0.3) is 0 Å². The Morgan fingerprint density at radius 3 is 2.10 bits per heavy atom. The minimum atomic E-state index is -0.680. The molecule has 2 heteroatoms. The van der Waals surface area contributed by atoms with Gasteiger partial charge in [-0.3, -0.25) is 4.79 Å². The standard InChI is InChI=1S/C8H16O2/c1-6(2)4-5-7(3)8(9)10/h6-7H,4-5H2,1-3H3,(H,9,10). The molecule has 0 bridgehead atoms. The highest BCUT2D eigenvalue weighted by Crippen LogP contribution is 2.11. The predicted molar refractivity (Wildman–Crippen MR) is 40.9 cm³/mol. The number of aliphatic carboxylic acids is 1. The zero-order valence-corrected chi connectivity index (χ0v) is 6.92. The summed E-state index contributed by atoms with van der Waals surface area (Å²) in [5.74, 6) is -0.246. The second kappa shape index (κ2) is 4.31. The third kappa shape index (κ3) is 4.36. The molecule has 1 atom stereocenters. The molecule has 10 heavy (non-hydrogen) atoms. The van der Waals surface area contributed by atoms with E-state index in [4.69, 9.17) is 5.11 Å². The van der Waals surface area contributed by atoms with Crippen LogP contribution in [0.2, 0.25) is 0 Å². The third-order valence-corrected chi connectivity index (χ3v) is 1.60. The van der Waals surface area contributed by atoms with Gasteiger partial charge in [0.1, 0.15) is 0 Å². The van der Waals surface area contributed by atoms with Crippen LogP contribution in [-0.4, -0.2) is 11.1 Å². The first-order chi connectivity index (χ1) is 4.54. The molecule has 0 rings (SSSR count). The van der Waals surface area contributed by atoms with Crippen LogP contribution in [0, 0.1) is 11.8 Å². The van der Waals surface area contributed by atoms with E-state index in [2.05, 4.69) is 13.8 Å². The smallest absolute Gasteiger partial charge is 0.306 e. The summed E-state index contributed by atoms with van der Waals surface area (Å²) in [6.45, 7) is 5.97. The van der Waals surface area contributed by atoms with Crippen LogP contribution in [0.25, 0.3) is 0 Å². The molecule has 0 aliphatic heterocycles. The van der Waals surface area contributed by atoms with Crippen LogP contribution in [0.4, 0.5) is 0 Å². The summed E-state index contributed by atoms with van der Waals surface area (Å²) in [4.78, 5) is 10.3. The van der Waals surface area contributed by atoms with Crippen molar-refractivity contribution in [3.63, 3.8) is 0 Å². The zero-order valence-electron chi connectivity index (χ0n) is 6.92. The van der Waals surface area contributed by atoms with E-state index in [0.29, 0.717) is 5.92 Å². The molecule has 0 aliphatic rings. The van der Waals surface area contributed by atoms with E-state index in [-0.39, 0.29) is 5.92 Å². The number of carboxylic acids is 1. The number of hydrogen-bond acceptors (Lipinski definition) is 1. The van der Waals surface area contributed by atoms with E-state index < -0.39 is 5.97 Å². The van der Waals surface area contributed by atoms with Crippen molar-refractivity contribution in [3.05, 3.63) is 0 Å². The molecule has 1 N–H and O–H groups in total. The van der Waals surface area contributed by atoms with E-state index >= 15 is 0 Å². The van der Waals surface area contributed by atoms with Gasteiger partial charge in [-0.2, -0.15) is 0 Å². The van der Waals surface area contributed by atoms with Crippen molar-refractivity contribution in [1.82, 2.24) is 0 Å². The van der Waals surface area contributed by atoms with E-state index in [1.807, 2.05) is 0 Å². The average molecular weight is 144 g/mol. The van der Waals surface area contributed by atoms with Crippen LogP contribution < -0.4 is 0 Å². The normalized spacial score (nSPS) is 13.6. The van der Waals surface area contributed by atoms with Gasteiger partial charge in [-0.15, -0.1) is 0 Å². The fraction of sp³-hybridized carbons (Fsp3) is 0.875. The summed E-state index contributed by atoms with van der Waals surface area (Å²) in [7, 11) is 0. The average Bonchev–Trinajstić information content (AvgIpc) is 1.82. The monoisotopic (exact) mass is 144 g/mol. The second-order valence-electron chi connectivity index (χ2n) is 3.21. The van der Waals surface area contributed by atoms with Crippen LogP contribution in [0.5, 0.6) is 0 Å².